The number of aliphatic hydroxyl groups is 1. The molecular weight excluding hydrogens is 235 g/mol. The van der Waals surface area contributed by atoms with Crippen molar-refractivity contribution in [1.29, 1.82) is 0 Å². The summed E-state index contributed by atoms with van der Waals surface area (Å²) in [5.74, 6) is -1.49. The van der Waals surface area contributed by atoms with Gasteiger partial charge in [0.1, 0.15) is 0 Å². The summed E-state index contributed by atoms with van der Waals surface area (Å²) in [6.07, 6.45) is -6.69. The minimum Gasteiger partial charge on any atom is -0.479 e. The van der Waals surface area contributed by atoms with Crippen LogP contribution in [-0.2, 0) is 17.4 Å². The van der Waals surface area contributed by atoms with Crippen molar-refractivity contribution in [2.45, 2.75) is 18.7 Å². The molecule has 0 aliphatic carbocycles. The molecule has 0 amide bonds. The Bertz CT molecular complexity index is 363. The van der Waals surface area contributed by atoms with Gasteiger partial charge in [-0.05, 0) is 0 Å². The predicted molar refractivity (Wildman–Crippen MR) is 44.5 cm³/mol. The molecule has 0 aliphatic rings. The molecule has 1 aromatic rings. The lowest BCUT2D eigenvalue weighted by molar-refractivity contribution is -0.146. The van der Waals surface area contributed by atoms with Crippen LogP contribution >= 0.6 is 11.3 Å². The van der Waals surface area contributed by atoms with Gasteiger partial charge in [-0.15, -0.1) is 11.3 Å². The molecule has 1 rings (SSSR count). The van der Waals surface area contributed by atoms with E-state index in [1.54, 1.807) is 0 Å². The van der Waals surface area contributed by atoms with Crippen LogP contribution in [0.2, 0.25) is 0 Å². The lowest BCUT2D eigenvalue weighted by Crippen LogP contribution is -2.22. The Morgan fingerprint density at radius 3 is 2.60 bits per heavy atom. The van der Waals surface area contributed by atoms with E-state index in [9.17, 15) is 18.0 Å². The molecule has 0 saturated heterocycles. The number of rotatable bonds is 3. The molecule has 0 aliphatic heterocycles. The van der Waals surface area contributed by atoms with Crippen LogP contribution in [0.15, 0.2) is 5.38 Å². The fourth-order valence-corrected chi connectivity index (χ4v) is 1.52. The molecule has 0 spiro atoms. The second-order valence-electron chi connectivity index (χ2n) is 2.70. The van der Waals surface area contributed by atoms with Crippen LogP contribution in [0.1, 0.15) is 10.7 Å². The smallest absolute Gasteiger partial charge is 0.443 e. The average molecular weight is 241 g/mol. The number of aliphatic carboxylic acids is 1. The first kappa shape index (κ1) is 11.9. The first-order chi connectivity index (χ1) is 6.80. The van der Waals surface area contributed by atoms with Crippen LogP contribution in [0.4, 0.5) is 13.2 Å². The maximum atomic E-state index is 12.1. The third-order valence-corrected chi connectivity index (χ3v) is 2.42. The second-order valence-corrected chi connectivity index (χ2v) is 3.56. The fraction of sp³-hybridized carbons (Fsp3) is 0.429. The van der Waals surface area contributed by atoms with E-state index >= 15 is 0 Å². The number of carboxylic acids is 1. The molecule has 1 unspecified atom stereocenters. The zero-order chi connectivity index (χ0) is 11.6. The van der Waals surface area contributed by atoms with Gasteiger partial charge in [-0.1, -0.05) is 0 Å². The van der Waals surface area contributed by atoms with Gasteiger partial charge in [0.2, 0.25) is 0 Å². The largest absolute Gasteiger partial charge is 0.479 e. The predicted octanol–water partition coefficient (Wildman–Crippen LogP) is 1.15. The van der Waals surface area contributed by atoms with Gasteiger partial charge < -0.3 is 10.2 Å². The highest BCUT2D eigenvalue weighted by Crippen LogP contribution is 2.31. The van der Waals surface area contributed by atoms with Crippen LogP contribution in [0, 0.1) is 0 Å². The number of carbonyl (C=O) groups is 1. The summed E-state index contributed by atoms with van der Waals surface area (Å²) in [7, 11) is 0. The summed E-state index contributed by atoms with van der Waals surface area (Å²) < 4.78 is 36.2. The lowest BCUT2D eigenvalue weighted by Gasteiger charge is -2.02. The molecule has 84 valence electrons. The molecule has 0 bridgehead atoms. The standard InChI is InChI=1S/C7H6F3NO3S/c8-7(9,10)6-11-3(2-15-6)1-4(12)5(13)14/h2,4,12H,1H2,(H,13,14). The van der Waals surface area contributed by atoms with Crippen molar-refractivity contribution in [3.05, 3.63) is 16.1 Å². The highest BCUT2D eigenvalue weighted by atomic mass is 32.1. The van der Waals surface area contributed by atoms with Gasteiger partial charge in [0.25, 0.3) is 0 Å². The Labute approximate surface area is 86.0 Å². The average Bonchev–Trinajstić information content (AvgIpc) is 2.51. The van der Waals surface area contributed by atoms with Crippen molar-refractivity contribution in [3.8, 4) is 0 Å². The van der Waals surface area contributed by atoms with Gasteiger partial charge in [0, 0.05) is 11.8 Å². The Morgan fingerprint density at radius 2 is 2.20 bits per heavy atom. The fourth-order valence-electron chi connectivity index (χ4n) is 0.816. The summed E-state index contributed by atoms with van der Waals surface area (Å²) in [6, 6.07) is 0. The Hall–Kier alpha value is -1.15. The van der Waals surface area contributed by atoms with Crippen LogP contribution in [0.25, 0.3) is 0 Å². The van der Waals surface area contributed by atoms with Gasteiger partial charge in [-0.2, -0.15) is 13.2 Å². The van der Waals surface area contributed by atoms with Crippen molar-refractivity contribution < 1.29 is 28.2 Å². The van der Waals surface area contributed by atoms with Gasteiger partial charge >= 0.3 is 12.1 Å². The summed E-state index contributed by atoms with van der Waals surface area (Å²) in [6.45, 7) is 0. The van der Waals surface area contributed by atoms with E-state index in [4.69, 9.17) is 10.2 Å². The van der Waals surface area contributed by atoms with Crippen molar-refractivity contribution in [1.82, 2.24) is 4.98 Å². The van der Waals surface area contributed by atoms with Crippen LogP contribution in [0.5, 0.6) is 0 Å². The van der Waals surface area contributed by atoms with E-state index in [1.807, 2.05) is 0 Å². The van der Waals surface area contributed by atoms with E-state index < -0.39 is 29.7 Å². The number of alkyl halides is 3. The quantitative estimate of drug-likeness (QED) is 0.832. The molecule has 4 nitrogen and oxygen atoms in total. The first-order valence-electron chi connectivity index (χ1n) is 3.73. The Balaban J connectivity index is 2.73. The minimum atomic E-state index is -4.53. The van der Waals surface area contributed by atoms with E-state index in [0.717, 1.165) is 5.38 Å². The van der Waals surface area contributed by atoms with Gasteiger partial charge in [-0.3, -0.25) is 0 Å². The second kappa shape index (κ2) is 4.15. The van der Waals surface area contributed by atoms with Gasteiger partial charge in [0.15, 0.2) is 11.1 Å². The number of hydrogen-bond acceptors (Lipinski definition) is 4. The molecule has 8 heteroatoms. The highest BCUT2D eigenvalue weighted by Gasteiger charge is 2.34. The molecule has 0 radical (unpaired) electrons. The topological polar surface area (TPSA) is 70.4 Å². The molecule has 0 aromatic carbocycles. The normalized spacial score (nSPS) is 13.9. The van der Waals surface area contributed by atoms with Crippen molar-refractivity contribution in [3.63, 3.8) is 0 Å². The molecule has 2 N–H and O–H groups in total. The summed E-state index contributed by atoms with van der Waals surface area (Å²) in [5, 5.41) is 17.2. The number of carboxylic acid groups (broad SMARTS) is 1. The minimum absolute atomic E-state index is 0.0813. The van der Waals surface area contributed by atoms with E-state index in [2.05, 4.69) is 4.98 Å². The molecular formula is C7H6F3NO3S. The number of thiazole rings is 1. The van der Waals surface area contributed by atoms with E-state index in [0.29, 0.717) is 11.3 Å². The first-order valence-corrected chi connectivity index (χ1v) is 4.61. The molecule has 1 aromatic heterocycles. The van der Waals surface area contributed by atoms with Crippen molar-refractivity contribution in [2.75, 3.05) is 0 Å². The SMILES string of the molecule is O=C(O)C(O)Cc1csc(C(F)(F)F)n1. The number of halogens is 3. The highest BCUT2D eigenvalue weighted by molar-refractivity contribution is 7.09. The third-order valence-electron chi connectivity index (χ3n) is 1.48. The third kappa shape index (κ3) is 3.17. The van der Waals surface area contributed by atoms with Crippen molar-refractivity contribution in [2.24, 2.45) is 0 Å². The van der Waals surface area contributed by atoms with Gasteiger partial charge in [0.05, 0.1) is 5.69 Å². The zero-order valence-electron chi connectivity index (χ0n) is 7.15. The number of aromatic nitrogens is 1. The molecule has 15 heavy (non-hydrogen) atoms. The molecule has 0 fully saturated rings. The summed E-state index contributed by atoms with van der Waals surface area (Å²) in [5.41, 5.74) is -0.0813. The lowest BCUT2D eigenvalue weighted by atomic mass is 10.2. The number of aliphatic hydroxyl groups excluding tert-OH is 1. The van der Waals surface area contributed by atoms with E-state index in [1.165, 1.54) is 0 Å². The van der Waals surface area contributed by atoms with E-state index in [-0.39, 0.29) is 5.69 Å². The van der Waals surface area contributed by atoms with Crippen LogP contribution in [0.3, 0.4) is 0 Å². The Morgan fingerprint density at radius 1 is 1.60 bits per heavy atom. The molecule has 1 heterocycles. The van der Waals surface area contributed by atoms with Crippen LogP contribution in [-0.4, -0.2) is 27.3 Å². The van der Waals surface area contributed by atoms with Crippen molar-refractivity contribution >= 4 is 17.3 Å². The Kier molecular flexibility index (Phi) is 3.30. The van der Waals surface area contributed by atoms with Crippen LogP contribution < -0.4 is 0 Å². The number of nitrogens with zero attached hydrogens (tertiary/aromatic N) is 1. The summed E-state index contributed by atoms with van der Waals surface area (Å²) >= 11 is 0.370. The van der Waals surface area contributed by atoms with Gasteiger partial charge in [-0.25, -0.2) is 9.78 Å². The maximum Gasteiger partial charge on any atom is 0.443 e. The molecule has 0 saturated carbocycles. The summed E-state index contributed by atoms with van der Waals surface area (Å²) in [4.78, 5) is 13.4. The zero-order valence-corrected chi connectivity index (χ0v) is 7.97. The number of hydrogen-bond donors (Lipinski definition) is 2. The monoisotopic (exact) mass is 241 g/mol. The maximum absolute atomic E-state index is 12.1. The molecule has 1 atom stereocenters.